The van der Waals surface area contributed by atoms with Gasteiger partial charge in [-0.2, -0.15) is 0 Å². The van der Waals surface area contributed by atoms with Crippen molar-refractivity contribution in [3.8, 4) is 0 Å². The molecule has 0 fully saturated rings. The Bertz CT molecular complexity index is 1000. The van der Waals surface area contributed by atoms with Gasteiger partial charge in [0.15, 0.2) is 17.8 Å². The Kier molecular flexibility index (Phi) is 4.85. The van der Waals surface area contributed by atoms with E-state index >= 15 is 0 Å². The molecule has 0 atom stereocenters. The van der Waals surface area contributed by atoms with Crippen LogP contribution in [0.3, 0.4) is 0 Å². The third-order valence-electron chi connectivity index (χ3n) is 3.70. The second-order valence-corrected chi connectivity index (χ2v) is 5.42. The van der Waals surface area contributed by atoms with Gasteiger partial charge in [0.2, 0.25) is 0 Å². The summed E-state index contributed by atoms with van der Waals surface area (Å²) in [7, 11) is 0. The van der Waals surface area contributed by atoms with Crippen molar-refractivity contribution >= 4 is 29.9 Å². The van der Waals surface area contributed by atoms with Crippen molar-refractivity contribution in [2.45, 2.75) is 0 Å². The van der Waals surface area contributed by atoms with E-state index in [2.05, 4.69) is 0 Å². The van der Waals surface area contributed by atoms with E-state index in [4.69, 9.17) is 4.42 Å². The minimum absolute atomic E-state index is 0.0105. The highest BCUT2D eigenvalue weighted by molar-refractivity contribution is 6.11. The number of hydrogen-bond donors (Lipinski definition) is 0. The summed E-state index contributed by atoms with van der Waals surface area (Å²) in [6.45, 7) is 0. The van der Waals surface area contributed by atoms with Crippen molar-refractivity contribution in [2.24, 2.45) is 0 Å². The SMILES string of the molecule is O=Cc1ccc(/C=C/c2ccc([N+](=O)[O-])c(C(=O)c3ccccc3)c2)o1. The summed E-state index contributed by atoms with van der Waals surface area (Å²) in [5, 5.41) is 11.3. The molecule has 1 heterocycles. The molecule has 2 aromatic carbocycles. The number of benzene rings is 2. The van der Waals surface area contributed by atoms with Gasteiger partial charge < -0.3 is 4.42 Å². The number of nitro groups is 1. The quantitative estimate of drug-likeness (QED) is 0.285. The van der Waals surface area contributed by atoms with Crippen molar-refractivity contribution in [3.63, 3.8) is 0 Å². The molecule has 0 saturated heterocycles. The third kappa shape index (κ3) is 3.64. The minimum Gasteiger partial charge on any atom is -0.454 e. The van der Waals surface area contributed by atoms with Crippen LogP contribution in [-0.4, -0.2) is 17.0 Å². The number of aldehydes is 1. The third-order valence-corrected chi connectivity index (χ3v) is 3.70. The topological polar surface area (TPSA) is 90.4 Å². The van der Waals surface area contributed by atoms with E-state index in [0.717, 1.165) is 0 Å². The molecule has 128 valence electrons. The highest BCUT2D eigenvalue weighted by Gasteiger charge is 2.21. The maximum absolute atomic E-state index is 12.7. The molecule has 1 aromatic heterocycles. The van der Waals surface area contributed by atoms with Crippen LogP contribution in [0.1, 0.15) is 37.8 Å². The number of nitro benzene ring substituents is 1. The Morgan fingerprint density at radius 3 is 2.35 bits per heavy atom. The molecule has 0 aliphatic carbocycles. The zero-order chi connectivity index (χ0) is 18.5. The van der Waals surface area contributed by atoms with Crippen LogP contribution in [0.15, 0.2) is 65.1 Å². The van der Waals surface area contributed by atoms with Gasteiger partial charge in [-0.15, -0.1) is 0 Å². The van der Waals surface area contributed by atoms with Crippen LogP contribution in [0.4, 0.5) is 5.69 Å². The summed E-state index contributed by atoms with van der Waals surface area (Å²) >= 11 is 0. The monoisotopic (exact) mass is 347 g/mol. The lowest BCUT2D eigenvalue weighted by Crippen LogP contribution is -2.05. The van der Waals surface area contributed by atoms with Crippen LogP contribution in [0.25, 0.3) is 12.2 Å². The Morgan fingerprint density at radius 1 is 0.962 bits per heavy atom. The van der Waals surface area contributed by atoms with Gasteiger partial charge in [0.25, 0.3) is 5.69 Å². The van der Waals surface area contributed by atoms with Gasteiger partial charge in [0.05, 0.1) is 4.92 Å². The molecular weight excluding hydrogens is 334 g/mol. The molecule has 0 aliphatic heterocycles. The molecule has 6 heteroatoms. The Balaban J connectivity index is 1.97. The van der Waals surface area contributed by atoms with Gasteiger partial charge in [0, 0.05) is 11.6 Å². The summed E-state index contributed by atoms with van der Waals surface area (Å²) in [6.07, 6.45) is 3.86. The number of hydrogen-bond acceptors (Lipinski definition) is 5. The average Bonchev–Trinajstić information content (AvgIpc) is 3.14. The minimum atomic E-state index is -0.577. The van der Waals surface area contributed by atoms with Crippen molar-refractivity contribution in [1.82, 2.24) is 0 Å². The molecule has 6 nitrogen and oxygen atoms in total. The van der Waals surface area contributed by atoms with E-state index in [0.29, 0.717) is 23.2 Å². The lowest BCUT2D eigenvalue weighted by Gasteiger charge is -2.04. The zero-order valence-corrected chi connectivity index (χ0v) is 13.5. The van der Waals surface area contributed by atoms with Crippen molar-refractivity contribution in [1.29, 1.82) is 0 Å². The first-order valence-corrected chi connectivity index (χ1v) is 7.70. The predicted octanol–water partition coefficient (Wildman–Crippen LogP) is 4.40. The Hall–Kier alpha value is -3.80. The Morgan fingerprint density at radius 2 is 1.69 bits per heavy atom. The van der Waals surface area contributed by atoms with E-state index in [1.807, 2.05) is 0 Å². The molecule has 0 saturated carbocycles. The Labute approximate surface area is 148 Å². The second-order valence-electron chi connectivity index (χ2n) is 5.42. The summed E-state index contributed by atoms with van der Waals surface area (Å²) in [6, 6.07) is 15.9. The molecule has 26 heavy (non-hydrogen) atoms. The second kappa shape index (κ2) is 7.40. The zero-order valence-electron chi connectivity index (χ0n) is 13.5. The van der Waals surface area contributed by atoms with Crippen LogP contribution in [0.5, 0.6) is 0 Å². The predicted molar refractivity (Wildman–Crippen MR) is 96.0 cm³/mol. The molecule has 3 aromatic rings. The number of rotatable bonds is 6. The van der Waals surface area contributed by atoms with E-state index < -0.39 is 10.7 Å². The van der Waals surface area contributed by atoms with Gasteiger partial charge in [-0.1, -0.05) is 36.4 Å². The molecular formula is C20H13NO5. The molecule has 0 spiro atoms. The van der Waals surface area contributed by atoms with Crippen LogP contribution >= 0.6 is 0 Å². The highest BCUT2D eigenvalue weighted by atomic mass is 16.6. The molecule has 0 radical (unpaired) electrons. The lowest BCUT2D eigenvalue weighted by atomic mass is 9.99. The van der Waals surface area contributed by atoms with Gasteiger partial charge >= 0.3 is 0 Å². The normalized spacial score (nSPS) is 10.8. The van der Waals surface area contributed by atoms with Gasteiger partial charge in [-0.05, 0) is 35.9 Å². The molecule has 0 aliphatic rings. The highest BCUT2D eigenvalue weighted by Crippen LogP contribution is 2.24. The molecule has 0 amide bonds. The number of ketones is 1. The summed E-state index contributed by atoms with van der Waals surface area (Å²) < 4.78 is 5.23. The first-order valence-electron chi connectivity index (χ1n) is 7.70. The average molecular weight is 347 g/mol. The first kappa shape index (κ1) is 17.0. The maximum atomic E-state index is 12.7. The van der Waals surface area contributed by atoms with E-state index in [1.165, 1.54) is 18.2 Å². The fourth-order valence-corrected chi connectivity index (χ4v) is 2.44. The van der Waals surface area contributed by atoms with Crippen LogP contribution in [-0.2, 0) is 0 Å². The van der Waals surface area contributed by atoms with Crippen LogP contribution < -0.4 is 0 Å². The van der Waals surface area contributed by atoms with Crippen molar-refractivity contribution < 1.29 is 18.9 Å². The smallest absolute Gasteiger partial charge is 0.280 e. The van der Waals surface area contributed by atoms with Crippen LogP contribution in [0, 0.1) is 10.1 Å². The number of carbonyl (C=O) groups is 2. The van der Waals surface area contributed by atoms with Gasteiger partial charge in [0.1, 0.15) is 11.3 Å². The molecule has 0 N–H and O–H groups in total. The van der Waals surface area contributed by atoms with E-state index in [9.17, 15) is 19.7 Å². The van der Waals surface area contributed by atoms with Gasteiger partial charge in [-0.3, -0.25) is 19.7 Å². The first-order chi connectivity index (χ1) is 12.6. The van der Waals surface area contributed by atoms with Gasteiger partial charge in [-0.25, -0.2) is 0 Å². The standard InChI is InChI=1S/C20H13NO5/c22-13-17-10-9-16(26-17)8-6-14-7-11-19(21(24)25)18(12-14)20(23)15-4-2-1-3-5-15/h1-13H/b8-6+. The number of furan rings is 1. The van der Waals surface area contributed by atoms with E-state index in [1.54, 1.807) is 54.6 Å². The number of carbonyl (C=O) groups excluding carboxylic acids is 2. The van der Waals surface area contributed by atoms with Crippen molar-refractivity contribution in [3.05, 3.63) is 99.0 Å². The lowest BCUT2D eigenvalue weighted by molar-refractivity contribution is -0.385. The molecule has 3 rings (SSSR count). The largest absolute Gasteiger partial charge is 0.454 e. The fourth-order valence-electron chi connectivity index (χ4n) is 2.44. The van der Waals surface area contributed by atoms with Crippen molar-refractivity contribution in [2.75, 3.05) is 0 Å². The maximum Gasteiger partial charge on any atom is 0.280 e. The number of nitrogens with zero attached hydrogens (tertiary/aromatic N) is 1. The summed E-state index contributed by atoms with van der Waals surface area (Å²) in [4.78, 5) is 34.0. The van der Waals surface area contributed by atoms with E-state index in [-0.39, 0.29) is 17.0 Å². The summed E-state index contributed by atoms with van der Waals surface area (Å²) in [5.41, 5.74) is 0.728. The molecule has 0 unspecified atom stereocenters. The van der Waals surface area contributed by atoms with Crippen LogP contribution in [0.2, 0.25) is 0 Å². The summed E-state index contributed by atoms with van der Waals surface area (Å²) in [5.74, 6) is 0.239. The fraction of sp³-hybridized carbons (Fsp3) is 0. The molecule has 0 bridgehead atoms.